The van der Waals surface area contributed by atoms with Crippen LogP contribution in [-0.4, -0.2) is 17.7 Å². The van der Waals surface area contributed by atoms with Crippen LogP contribution in [-0.2, 0) is 12.8 Å². The number of benzene rings is 2. The van der Waals surface area contributed by atoms with E-state index in [1.54, 1.807) is 0 Å². The molecule has 2 N–H and O–H groups in total. The standard InChI is InChI=1S/C21H25NO2.ClH/c1-15(2)22-14-19(23)21-18-11-7-6-10-17(18)20(24-21)13-12-16-8-4-3-5-9-16;/h3-11,15,19,22-23H,12-14H2,1-2H3;1H. The number of aliphatic hydroxyl groups excluding tert-OH is 1. The Kier molecular flexibility index (Phi) is 7.06. The molecule has 0 aliphatic rings. The number of hydrogen-bond donors (Lipinski definition) is 2. The van der Waals surface area contributed by atoms with Gasteiger partial charge in [-0.3, -0.25) is 0 Å². The second-order valence-electron chi connectivity index (χ2n) is 6.50. The van der Waals surface area contributed by atoms with Crippen molar-refractivity contribution in [3.8, 4) is 0 Å². The maximum Gasteiger partial charge on any atom is 0.141 e. The molecule has 0 aliphatic heterocycles. The number of aliphatic hydroxyl groups is 1. The van der Waals surface area contributed by atoms with Gasteiger partial charge in [-0.15, -0.1) is 12.4 Å². The molecule has 134 valence electrons. The van der Waals surface area contributed by atoms with Crippen molar-refractivity contribution in [3.05, 3.63) is 71.7 Å². The van der Waals surface area contributed by atoms with Crippen molar-refractivity contribution in [2.45, 2.75) is 38.8 Å². The van der Waals surface area contributed by atoms with Crippen LogP contribution in [0.25, 0.3) is 10.8 Å². The average molecular weight is 360 g/mol. The van der Waals surface area contributed by atoms with Crippen molar-refractivity contribution >= 4 is 23.2 Å². The summed E-state index contributed by atoms with van der Waals surface area (Å²) in [6.45, 7) is 4.63. The van der Waals surface area contributed by atoms with Gasteiger partial charge in [0.25, 0.3) is 0 Å². The third kappa shape index (κ3) is 4.85. The van der Waals surface area contributed by atoms with Crippen LogP contribution in [0.3, 0.4) is 0 Å². The van der Waals surface area contributed by atoms with Crippen molar-refractivity contribution in [3.63, 3.8) is 0 Å². The van der Waals surface area contributed by atoms with Crippen LogP contribution in [0.2, 0.25) is 0 Å². The van der Waals surface area contributed by atoms with E-state index in [1.165, 1.54) is 5.56 Å². The van der Waals surface area contributed by atoms with Gasteiger partial charge >= 0.3 is 0 Å². The summed E-state index contributed by atoms with van der Waals surface area (Å²) in [4.78, 5) is 0. The fourth-order valence-electron chi connectivity index (χ4n) is 2.96. The van der Waals surface area contributed by atoms with Crippen LogP contribution in [0.5, 0.6) is 0 Å². The van der Waals surface area contributed by atoms with Gasteiger partial charge in [-0.2, -0.15) is 0 Å². The van der Waals surface area contributed by atoms with Gasteiger partial charge in [0, 0.05) is 29.8 Å². The van der Waals surface area contributed by atoms with Crippen LogP contribution in [0, 0.1) is 0 Å². The third-order valence-electron chi connectivity index (χ3n) is 4.23. The predicted octanol–water partition coefficient (Wildman–Crippen LogP) is 4.67. The molecular weight excluding hydrogens is 334 g/mol. The number of furan rings is 1. The van der Waals surface area contributed by atoms with Gasteiger partial charge in [0.05, 0.1) is 0 Å². The Bertz CT molecular complexity index is 783. The second-order valence-corrected chi connectivity index (χ2v) is 6.50. The Morgan fingerprint density at radius 3 is 2.24 bits per heavy atom. The molecule has 3 aromatic rings. The van der Waals surface area contributed by atoms with E-state index in [0.717, 1.165) is 29.4 Å². The van der Waals surface area contributed by atoms with Gasteiger partial charge in [0.2, 0.25) is 0 Å². The molecule has 1 aromatic heterocycles. The van der Waals surface area contributed by atoms with Gasteiger partial charge in [0.1, 0.15) is 17.6 Å². The maximum atomic E-state index is 10.5. The topological polar surface area (TPSA) is 45.4 Å². The highest BCUT2D eigenvalue weighted by atomic mass is 35.5. The Labute approximate surface area is 155 Å². The minimum atomic E-state index is -0.636. The lowest BCUT2D eigenvalue weighted by Gasteiger charge is -2.12. The SMILES string of the molecule is CC(C)NCC(O)c1oc(CCc2ccccc2)c2ccccc12.Cl. The summed E-state index contributed by atoms with van der Waals surface area (Å²) in [5.74, 6) is 1.62. The highest BCUT2D eigenvalue weighted by molar-refractivity contribution is 5.87. The van der Waals surface area contributed by atoms with Gasteiger partial charge in [0.15, 0.2) is 0 Å². The number of fused-ring (bicyclic) bond motifs is 1. The van der Waals surface area contributed by atoms with E-state index in [4.69, 9.17) is 4.42 Å². The molecule has 0 amide bonds. The lowest BCUT2D eigenvalue weighted by atomic mass is 10.0. The maximum absolute atomic E-state index is 10.5. The lowest BCUT2D eigenvalue weighted by Crippen LogP contribution is -2.27. The van der Waals surface area contributed by atoms with E-state index in [1.807, 2.05) is 24.3 Å². The first-order valence-corrected chi connectivity index (χ1v) is 8.61. The number of rotatable bonds is 7. The van der Waals surface area contributed by atoms with Crippen LogP contribution in [0.1, 0.15) is 37.0 Å². The van der Waals surface area contributed by atoms with Crippen molar-refractivity contribution < 1.29 is 9.52 Å². The fourth-order valence-corrected chi connectivity index (χ4v) is 2.96. The molecule has 1 atom stereocenters. The normalized spacial score (nSPS) is 12.3. The van der Waals surface area contributed by atoms with Crippen LogP contribution < -0.4 is 5.32 Å². The van der Waals surface area contributed by atoms with Gasteiger partial charge in [-0.1, -0.05) is 68.4 Å². The van der Waals surface area contributed by atoms with Crippen molar-refractivity contribution in [1.82, 2.24) is 5.32 Å². The molecule has 0 saturated carbocycles. The number of nitrogens with one attached hydrogen (secondary N) is 1. The van der Waals surface area contributed by atoms with Crippen molar-refractivity contribution in [2.75, 3.05) is 6.54 Å². The molecule has 0 radical (unpaired) electrons. The first kappa shape index (κ1) is 19.5. The summed E-state index contributed by atoms with van der Waals surface area (Å²) in [5.41, 5.74) is 1.29. The van der Waals surface area contributed by atoms with Gasteiger partial charge in [-0.05, 0) is 12.0 Å². The molecule has 3 rings (SSSR count). The molecule has 25 heavy (non-hydrogen) atoms. The van der Waals surface area contributed by atoms with E-state index in [9.17, 15) is 5.11 Å². The first-order valence-electron chi connectivity index (χ1n) is 8.61. The number of hydrogen-bond acceptors (Lipinski definition) is 3. The minimum Gasteiger partial charge on any atom is -0.462 e. The van der Waals surface area contributed by atoms with E-state index < -0.39 is 6.10 Å². The van der Waals surface area contributed by atoms with E-state index in [-0.39, 0.29) is 12.4 Å². The van der Waals surface area contributed by atoms with E-state index in [0.29, 0.717) is 18.3 Å². The molecule has 2 aromatic carbocycles. The molecule has 0 aliphatic carbocycles. The smallest absolute Gasteiger partial charge is 0.141 e. The second kappa shape index (κ2) is 9.04. The number of aryl methyl sites for hydroxylation is 2. The lowest BCUT2D eigenvalue weighted by molar-refractivity contribution is 0.145. The zero-order chi connectivity index (χ0) is 16.9. The monoisotopic (exact) mass is 359 g/mol. The average Bonchev–Trinajstić information content (AvgIpc) is 2.98. The zero-order valence-corrected chi connectivity index (χ0v) is 15.6. The van der Waals surface area contributed by atoms with Crippen LogP contribution >= 0.6 is 12.4 Å². The van der Waals surface area contributed by atoms with Gasteiger partial charge < -0.3 is 14.8 Å². The summed E-state index contributed by atoms with van der Waals surface area (Å²) in [5, 5.41) is 15.9. The quantitative estimate of drug-likeness (QED) is 0.644. The summed E-state index contributed by atoms with van der Waals surface area (Å²) in [7, 11) is 0. The molecule has 0 bridgehead atoms. The summed E-state index contributed by atoms with van der Waals surface area (Å²) in [6.07, 6.45) is 1.12. The predicted molar refractivity (Wildman–Crippen MR) is 105 cm³/mol. The van der Waals surface area contributed by atoms with Crippen molar-refractivity contribution in [2.24, 2.45) is 0 Å². The summed E-state index contributed by atoms with van der Waals surface area (Å²) >= 11 is 0. The Morgan fingerprint density at radius 1 is 0.920 bits per heavy atom. The molecule has 3 nitrogen and oxygen atoms in total. The largest absolute Gasteiger partial charge is 0.462 e. The molecule has 1 heterocycles. The minimum absolute atomic E-state index is 0. The van der Waals surface area contributed by atoms with Crippen LogP contribution in [0.4, 0.5) is 0 Å². The molecular formula is C21H26ClNO2. The first-order chi connectivity index (χ1) is 11.6. The highest BCUT2D eigenvalue weighted by Crippen LogP contribution is 2.31. The van der Waals surface area contributed by atoms with E-state index in [2.05, 4.69) is 49.5 Å². The molecule has 0 fully saturated rings. The number of halogens is 1. The van der Waals surface area contributed by atoms with E-state index >= 15 is 0 Å². The molecule has 0 saturated heterocycles. The molecule has 4 heteroatoms. The Balaban J connectivity index is 0.00000225. The summed E-state index contributed by atoms with van der Waals surface area (Å²) < 4.78 is 6.09. The van der Waals surface area contributed by atoms with Crippen LogP contribution in [0.15, 0.2) is 59.0 Å². The molecule has 1 unspecified atom stereocenters. The Morgan fingerprint density at radius 2 is 1.56 bits per heavy atom. The third-order valence-corrected chi connectivity index (χ3v) is 4.23. The highest BCUT2D eigenvalue weighted by Gasteiger charge is 2.19. The molecule has 0 spiro atoms. The fraction of sp³-hybridized carbons (Fsp3) is 0.333. The van der Waals surface area contributed by atoms with Crippen molar-refractivity contribution in [1.29, 1.82) is 0 Å². The summed E-state index contributed by atoms with van der Waals surface area (Å²) in [6, 6.07) is 18.9. The van der Waals surface area contributed by atoms with Gasteiger partial charge in [-0.25, -0.2) is 0 Å². The Hall–Kier alpha value is -1.81. The zero-order valence-electron chi connectivity index (χ0n) is 14.7.